The van der Waals surface area contributed by atoms with Gasteiger partial charge in [-0.05, 0) is 29.7 Å². The van der Waals surface area contributed by atoms with Crippen LogP contribution in [0.25, 0.3) is 0 Å². The van der Waals surface area contributed by atoms with Crippen molar-refractivity contribution >= 4 is 39.5 Å². The molecule has 1 aromatic carbocycles. The Bertz CT molecular complexity index is 468. The van der Waals surface area contributed by atoms with Crippen LogP contribution < -0.4 is 0 Å². The predicted molar refractivity (Wildman–Crippen MR) is 88.1 cm³/mol. The minimum Gasteiger partial charge on any atom is -0.130 e. The van der Waals surface area contributed by atoms with E-state index in [0.717, 1.165) is 10.0 Å². The van der Waals surface area contributed by atoms with Gasteiger partial charge in [-0.2, -0.15) is 0 Å². The maximum absolute atomic E-state index is 3.53. The van der Waals surface area contributed by atoms with Crippen LogP contribution in [-0.4, -0.2) is 15.6 Å². The second-order valence-electron chi connectivity index (χ2n) is 5.32. The van der Waals surface area contributed by atoms with Crippen molar-refractivity contribution in [2.45, 2.75) is 24.9 Å². The minimum absolute atomic E-state index is 0.0417. The van der Waals surface area contributed by atoms with Crippen LogP contribution >= 0.6 is 39.5 Å². The molecule has 1 aliphatic rings. The Balaban J connectivity index is 2.28. The maximum atomic E-state index is 3.53. The monoisotopic (exact) mass is 340 g/mol. The summed E-state index contributed by atoms with van der Waals surface area (Å²) in [4.78, 5) is 0. The molecule has 2 rings (SSSR count). The first kappa shape index (κ1) is 14.4. The normalized spacial score (nSPS) is 18.2. The van der Waals surface area contributed by atoms with Crippen LogP contribution in [0.15, 0.2) is 28.7 Å². The molecule has 0 bridgehead atoms. The number of rotatable bonds is 0. The summed E-state index contributed by atoms with van der Waals surface area (Å²) in [6.07, 6.45) is 0. The molecule has 1 aromatic rings. The summed E-state index contributed by atoms with van der Waals surface area (Å²) < 4.78 is 1.14. The fourth-order valence-electron chi connectivity index (χ4n) is 1.79. The average Bonchev–Trinajstić information content (AvgIpc) is 2.78. The van der Waals surface area contributed by atoms with E-state index in [2.05, 4.69) is 60.7 Å². The lowest BCUT2D eigenvalue weighted by molar-refractivity contribution is 0.418. The SMILES string of the molecule is CC(C)(C)C1(C#Cc2ccc(Br)cc2)SCCS1. The second kappa shape index (κ2) is 5.53. The quantitative estimate of drug-likeness (QED) is 0.608. The Kier molecular flexibility index (Phi) is 4.41. The van der Waals surface area contributed by atoms with Crippen LogP contribution in [-0.2, 0) is 0 Å². The van der Waals surface area contributed by atoms with E-state index >= 15 is 0 Å². The Morgan fingerprint density at radius 2 is 1.67 bits per heavy atom. The van der Waals surface area contributed by atoms with Crippen LogP contribution in [0, 0.1) is 17.3 Å². The lowest BCUT2D eigenvalue weighted by Crippen LogP contribution is -2.32. The average molecular weight is 341 g/mol. The highest BCUT2D eigenvalue weighted by atomic mass is 79.9. The highest BCUT2D eigenvalue weighted by Gasteiger charge is 2.44. The van der Waals surface area contributed by atoms with E-state index in [1.807, 2.05) is 35.7 Å². The van der Waals surface area contributed by atoms with E-state index in [-0.39, 0.29) is 9.49 Å². The second-order valence-corrected chi connectivity index (χ2v) is 9.11. The van der Waals surface area contributed by atoms with Gasteiger partial charge in [-0.1, -0.05) is 48.5 Å². The third-order valence-electron chi connectivity index (χ3n) is 2.90. The molecule has 1 saturated heterocycles. The lowest BCUT2D eigenvalue weighted by Gasteiger charge is -2.35. The van der Waals surface area contributed by atoms with Crippen LogP contribution in [0.5, 0.6) is 0 Å². The van der Waals surface area contributed by atoms with Gasteiger partial charge in [0.2, 0.25) is 0 Å². The fourth-order valence-corrected chi connectivity index (χ4v) is 5.24. The Hall–Kier alpha value is -0.0400. The number of hydrogen-bond acceptors (Lipinski definition) is 2. The van der Waals surface area contributed by atoms with Crippen molar-refractivity contribution in [1.29, 1.82) is 0 Å². The molecular weight excluding hydrogens is 324 g/mol. The van der Waals surface area contributed by atoms with E-state index in [4.69, 9.17) is 0 Å². The molecule has 0 nitrogen and oxygen atoms in total. The largest absolute Gasteiger partial charge is 0.130 e. The van der Waals surface area contributed by atoms with E-state index in [9.17, 15) is 0 Å². The molecule has 1 aliphatic heterocycles. The van der Waals surface area contributed by atoms with E-state index in [0.29, 0.717) is 0 Å². The molecule has 0 radical (unpaired) electrons. The van der Waals surface area contributed by atoms with Gasteiger partial charge in [-0.25, -0.2) is 0 Å². The van der Waals surface area contributed by atoms with Gasteiger partial charge in [0.05, 0.1) is 0 Å². The highest BCUT2D eigenvalue weighted by Crippen LogP contribution is 2.54. The van der Waals surface area contributed by atoms with Crippen molar-refractivity contribution in [3.63, 3.8) is 0 Å². The smallest absolute Gasteiger partial charge is 0.127 e. The lowest BCUT2D eigenvalue weighted by atomic mass is 9.91. The Morgan fingerprint density at radius 3 is 2.17 bits per heavy atom. The van der Waals surface area contributed by atoms with Gasteiger partial charge in [0.25, 0.3) is 0 Å². The minimum atomic E-state index is 0.0417. The predicted octanol–water partition coefficient (Wildman–Crippen LogP) is 5.02. The summed E-state index contributed by atoms with van der Waals surface area (Å²) >= 11 is 7.45. The first-order valence-corrected chi connectivity index (χ1v) is 8.76. The van der Waals surface area contributed by atoms with Crippen LogP contribution in [0.4, 0.5) is 0 Å². The van der Waals surface area contributed by atoms with Gasteiger partial charge in [-0.3, -0.25) is 0 Å². The van der Waals surface area contributed by atoms with Crippen molar-refractivity contribution in [3.05, 3.63) is 34.3 Å². The van der Waals surface area contributed by atoms with Gasteiger partial charge in [0, 0.05) is 21.5 Å². The molecular formula is C15H17BrS2. The third kappa shape index (κ3) is 3.10. The van der Waals surface area contributed by atoms with Gasteiger partial charge < -0.3 is 0 Å². The number of benzene rings is 1. The highest BCUT2D eigenvalue weighted by molar-refractivity contribution is 9.10. The summed E-state index contributed by atoms with van der Waals surface area (Å²) in [6.45, 7) is 6.86. The zero-order valence-electron chi connectivity index (χ0n) is 10.9. The van der Waals surface area contributed by atoms with Crippen LogP contribution in [0.2, 0.25) is 0 Å². The molecule has 18 heavy (non-hydrogen) atoms. The Labute approximate surface area is 127 Å². The third-order valence-corrected chi connectivity index (χ3v) is 7.45. The first-order chi connectivity index (χ1) is 8.43. The van der Waals surface area contributed by atoms with Crippen molar-refractivity contribution < 1.29 is 0 Å². The van der Waals surface area contributed by atoms with E-state index in [1.165, 1.54) is 11.5 Å². The summed E-state index contributed by atoms with van der Waals surface area (Å²) in [7, 11) is 0. The zero-order chi connectivity index (χ0) is 13.2. The topological polar surface area (TPSA) is 0 Å². The first-order valence-electron chi connectivity index (χ1n) is 6.00. The molecule has 1 heterocycles. The number of halogens is 1. The number of hydrogen-bond donors (Lipinski definition) is 0. The van der Waals surface area contributed by atoms with Gasteiger partial charge in [0.15, 0.2) is 0 Å². The molecule has 0 aliphatic carbocycles. The maximum Gasteiger partial charge on any atom is 0.127 e. The van der Waals surface area contributed by atoms with E-state index in [1.54, 1.807) is 0 Å². The summed E-state index contributed by atoms with van der Waals surface area (Å²) in [6, 6.07) is 8.22. The van der Waals surface area contributed by atoms with Crippen molar-refractivity contribution in [3.8, 4) is 11.8 Å². The summed E-state index contributed by atoms with van der Waals surface area (Å²) in [5, 5.41) is 0. The van der Waals surface area contributed by atoms with Gasteiger partial charge in [0.1, 0.15) is 4.08 Å². The zero-order valence-corrected chi connectivity index (χ0v) is 14.1. The molecule has 0 spiro atoms. The van der Waals surface area contributed by atoms with Gasteiger partial charge >= 0.3 is 0 Å². The molecule has 96 valence electrons. The molecule has 0 N–H and O–H groups in total. The van der Waals surface area contributed by atoms with Crippen molar-refractivity contribution in [1.82, 2.24) is 0 Å². The van der Waals surface area contributed by atoms with E-state index < -0.39 is 0 Å². The molecule has 1 fully saturated rings. The molecule has 0 amide bonds. The summed E-state index contributed by atoms with van der Waals surface area (Å²) in [5.74, 6) is 9.29. The molecule has 0 aromatic heterocycles. The molecule has 0 atom stereocenters. The number of thioether (sulfide) groups is 2. The Morgan fingerprint density at radius 1 is 1.11 bits per heavy atom. The van der Waals surface area contributed by atoms with Crippen molar-refractivity contribution in [2.75, 3.05) is 11.5 Å². The van der Waals surface area contributed by atoms with Crippen LogP contribution in [0.3, 0.4) is 0 Å². The standard InChI is InChI=1S/C15H17BrS2/c1-14(2,3)15(17-10-11-18-15)9-8-12-4-6-13(16)7-5-12/h4-7H,10-11H2,1-3H3. The molecule has 0 unspecified atom stereocenters. The molecule has 3 heteroatoms. The van der Waals surface area contributed by atoms with Crippen molar-refractivity contribution in [2.24, 2.45) is 5.41 Å². The summed E-state index contributed by atoms with van der Waals surface area (Å²) in [5.41, 5.74) is 1.29. The molecule has 0 saturated carbocycles. The van der Waals surface area contributed by atoms with Gasteiger partial charge in [-0.15, -0.1) is 23.5 Å². The fraction of sp³-hybridized carbons (Fsp3) is 0.467. The van der Waals surface area contributed by atoms with Crippen LogP contribution in [0.1, 0.15) is 26.3 Å².